The van der Waals surface area contributed by atoms with Gasteiger partial charge in [-0.3, -0.25) is 4.68 Å². The molecule has 1 aromatic carbocycles. The first-order valence-corrected chi connectivity index (χ1v) is 10.4. The second-order valence-electron chi connectivity index (χ2n) is 7.38. The van der Waals surface area contributed by atoms with Gasteiger partial charge in [0.25, 0.3) is 0 Å². The van der Waals surface area contributed by atoms with Crippen LogP contribution in [0.15, 0.2) is 48.8 Å². The van der Waals surface area contributed by atoms with Gasteiger partial charge in [-0.1, -0.05) is 18.2 Å². The first-order valence-electron chi connectivity index (χ1n) is 9.54. The molecule has 8 heteroatoms. The van der Waals surface area contributed by atoms with E-state index in [9.17, 15) is 10.1 Å². The molecule has 4 heterocycles. The Morgan fingerprint density at radius 2 is 2.00 bits per heavy atom. The van der Waals surface area contributed by atoms with Gasteiger partial charge in [-0.25, -0.2) is 9.78 Å². The molecule has 0 spiro atoms. The van der Waals surface area contributed by atoms with Crippen molar-refractivity contribution in [3.8, 4) is 27.9 Å². The lowest BCUT2D eigenvalue weighted by atomic mass is 10.0. The molecule has 0 N–H and O–H groups in total. The third kappa shape index (κ3) is 2.98. The fraction of sp³-hybridized carbons (Fsp3) is 0.130. The molecule has 3 aromatic heterocycles. The topological polar surface area (TPSA) is 84.0 Å². The second-order valence-corrected chi connectivity index (χ2v) is 8.44. The quantitative estimate of drug-likeness (QED) is 0.454. The minimum atomic E-state index is -0.412. The molecular formula is C23H17N5O2S. The van der Waals surface area contributed by atoms with Crippen LogP contribution in [0.5, 0.6) is 0 Å². The summed E-state index contributed by atoms with van der Waals surface area (Å²) in [6.45, 7) is 0. The number of nitriles is 1. The lowest BCUT2D eigenvalue weighted by molar-refractivity contribution is 0.0714. The van der Waals surface area contributed by atoms with Gasteiger partial charge >= 0.3 is 5.97 Å². The van der Waals surface area contributed by atoms with E-state index in [2.05, 4.69) is 11.2 Å². The third-order valence-electron chi connectivity index (χ3n) is 5.06. The molecule has 0 radical (unpaired) electrons. The van der Waals surface area contributed by atoms with E-state index in [1.54, 1.807) is 45.4 Å². The largest absolute Gasteiger partial charge is 0.419 e. The Kier molecular flexibility index (Phi) is 4.34. The van der Waals surface area contributed by atoms with E-state index in [-0.39, 0.29) is 0 Å². The smallest absolute Gasteiger partial charge is 0.346 e. The van der Waals surface area contributed by atoms with Gasteiger partial charge in [-0.2, -0.15) is 10.4 Å². The van der Waals surface area contributed by atoms with Crippen molar-refractivity contribution in [2.45, 2.75) is 0 Å². The van der Waals surface area contributed by atoms with E-state index in [4.69, 9.17) is 9.72 Å². The number of pyridine rings is 1. The predicted molar refractivity (Wildman–Crippen MR) is 119 cm³/mol. The van der Waals surface area contributed by atoms with Crippen molar-refractivity contribution in [2.75, 3.05) is 14.1 Å². The summed E-state index contributed by atoms with van der Waals surface area (Å²) in [5, 5.41) is 15.2. The van der Waals surface area contributed by atoms with Crippen LogP contribution in [0.3, 0.4) is 0 Å². The molecule has 0 saturated heterocycles. The molecule has 0 bridgehead atoms. The number of aromatic nitrogens is 3. The summed E-state index contributed by atoms with van der Waals surface area (Å²) < 4.78 is 8.18. The zero-order valence-corrected chi connectivity index (χ0v) is 17.9. The van der Waals surface area contributed by atoms with Crippen LogP contribution >= 0.6 is 11.3 Å². The van der Waals surface area contributed by atoms with Crippen LogP contribution in [0.4, 0.5) is 0 Å². The zero-order valence-electron chi connectivity index (χ0n) is 17.1. The number of aryl methyl sites for hydroxylation is 1. The van der Waals surface area contributed by atoms with Crippen molar-refractivity contribution >= 4 is 33.2 Å². The minimum Gasteiger partial charge on any atom is -0.419 e. The van der Waals surface area contributed by atoms with Gasteiger partial charge in [-0.05, 0) is 18.2 Å². The van der Waals surface area contributed by atoms with Crippen LogP contribution in [0.25, 0.3) is 37.7 Å². The molecular weight excluding hydrogens is 410 g/mol. The molecule has 0 saturated carbocycles. The average molecular weight is 427 g/mol. The highest BCUT2D eigenvalue weighted by Gasteiger charge is 2.30. The number of carbonyl (C=O) groups is 1. The fourth-order valence-corrected chi connectivity index (χ4v) is 4.95. The van der Waals surface area contributed by atoms with Gasteiger partial charge in [0.05, 0.1) is 33.6 Å². The highest BCUT2D eigenvalue weighted by Crippen LogP contribution is 2.42. The molecule has 0 fully saturated rings. The van der Waals surface area contributed by atoms with Crippen LogP contribution in [-0.4, -0.2) is 39.7 Å². The Labute approximate surface area is 182 Å². The number of cyclic esters (lactones) is 1. The fourth-order valence-electron chi connectivity index (χ4n) is 3.70. The summed E-state index contributed by atoms with van der Waals surface area (Å²) in [7, 11) is 5.56. The monoisotopic (exact) mass is 427 g/mol. The van der Waals surface area contributed by atoms with Crippen molar-refractivity contribution in [3.63, 3.8) is 0 Å². The lowest BCUT2D eigenvalue weighted by Gasteiger charge is -2.08. The highest BCUT2D eigenvalue weighted by atomic mass is 32.1. The number of hydrogen-bond donors (Lipinski definition) is 0. The summed E-state index contributed by atoms with van der Waals surface area (Å²) in [6.07, 6.45) is 3.47. The van der Waals surface area contributed by atoms with Crippen molar-refractivity contribution in [3.05, 3.63) is 65.6 Å². The number of nitrogens with zero attached hydrogens (tertiary/aromatic N) is 5. The Balaban J connectivity index is 1.71. The number of rotatable bonds is 3. The van der Waals surface area contributed by atoms with Crippen molar-refractivity contribution in [2.24, 2.45) is 7.05 Å². The van der Waals surface area contributed by atoms with Crippen molar-refractivity contribution in [1.29, 1.82) is 5.26 Å². The van der Waals surface area contributed by atoms with E-state index in [1.807, 2.05) is 45.4 Å². The van der Waals surface area contributed by atoms with Crippen LogP contribution in [0.2, 0.25) is 0 Å². The van der Waals surface area contributed by atoms with Gasteiger partial charge in [0, 0.05) is 43.0 Å². The van der Waals surface area contributed by atoms with Gasteiger partial charge in [0.15, 0.2) is 5.76 Å². The summed E-state index contributed by atoms with van der Waals surface area (Å²) in [5.41, 5.74) is 3.82. The molecule has 31 heavy (non-hydrogen) atoms. The van der Waals surface area contributed by atoms with Crippen LogP contribution in [0.1, 0.15) is 21.6 Å². The highest BCUT2D eigenvalue weighted by molar-refractivity contribution is 7.22. The molecule has 0 amide bonds. The first kappa shape index (κ1) is 19.0. The lowest BCUT2D eigenvalue weighted by Crippen LogP contribution is -2.03. The van der Waals surface area contributed by atoms with Gasteiger partial charge in [0.2, 0.25) is 0 Å². The third-order valence-corrected chi connectivity index (χ3v) is 6.24. The average Bonchev–Trinajstić information content (AvgIpc) is 3.40. The minimum absolute atomic E-state index is 0.412. The molecule has 4 aromatic rings. The summed E-state index contributed by atoms with van der Waals surface area (Å²) in [4.78, 5) is 19.6. The molecule has 7 nitrogen and oxygen atoms in total. The number of hydrogen-bond acceptors (Lipinski definition) is 7. The van der Waals surface area contributed by atoms with Crippen LogP contribution in [-0.2, 0) is 11.8 Å². The molecule has 5 rings (SSSR count). The van der Waals surface area contributed by atoms with Gasteiger partial charge in [0.1, 0.15) is 11.8 Å². The van der Waals surface area contributed by atoms with E-state index in [1.165, 1.54) is 0 Å². The molecule has 0 aliphatic carbocycles. The number of esters is 1. The number of ether oxygens (including phenoxy) is 1. The van der Waals surface area contributed by atoms with Crippen molar-refractivity contribution in [1.82, 2.24) is 19.7 Å². The van der Waals surface area contributed by atoms with Gasteiger partial charge in [-0.15, -0.1) is 11.3 Å². The zero-order chi connectivity index (χ0) is 21.7. The first-order chi connectivity index (χ1) is 15.0. The molecule has 1 aliphatic heterocycles. The maximum atomic E-state index is 12.2. The number of carbonyl (C=O) groups excluding carboxylic acids is 1. The SMILES string of the molecule is CN(C)C=C1OC(=O)c2ccc(-c3cnn(C)c3-c3sc4ccccc4c3C#N)nc21. The van der Waals surface area contributed by atoms with E-state index in [0.717, 1.165) is 26.2 Å². The maximum absolute atomic E-state index is 12.2. The summed E-state index contributed by atoms with van der Waals surface area (Å²) >= 11 is 1.56. The molecule has 0 unspecified atom stereocenters. The number of benzene rings is 1. The number of fused-ring (bicyclic) bond motifs is 2. The maximum Gasteiger partial charge on any atom is 0.346 e. The van der Waals surface area contributed by atoms with E-state index >= 15 is 0 Å². The molecule has 0 atom stereocenters. The van der Waals surface area contributed by atoms with Gasteiger partial charge < -0.3 is 9.64 Å². The van der Waals surface area contributed by atoms with Crippen LogP contribution < -0.4 is 0 Å². The standard InChI is InChI=1S/C23H17N5O2S/c1-27(2)12-18-20-14(23(29)30-18)8-9-17(26-20)16-11-25-28(3)21(16)22-15(10-24)13-6-4-5-7-19(13)31-22/h4-9,11-12H,1-3H3. The second kappa shape index (κ2) is 7.07. The normalized spacial score (nSPS) is 14.0. The predicted octanol–water partition coefficient (Wildman–Crippen LogP) is 4.27. The Morgan fingerprint density at radius 1 is 1.19 bits per heavy atom. The summed E-state index contributed by atoms with van der Waals surface area (Å²) in [6, 6.07) is 13.7. The number of thiophene rings is 1. The van der Waals surface area contributed by atoms with E-state index in [0.29, 0.717) is 28.3 Å². The Hall–Kier alpha value is -3.96. The molecule has 152 valence electrons. The Morgan fingerprint density at radius 3 is 2.77 bits per heavy atom. The summed E-state index contributed by atoms with van der Waals surface area (Å²) in [5.74, 6) is 0.00157. The Bertz CT molecular complexity index is 1440. The van der Waals surface area contributed by atoms with Crippen LogP contribution in [0, 0.1) is 11.3 Å². The van der Waals surface area contributed by atoms with E-state index < -0.39 is 5.97 Å². The molecule has 1 aliphatic rings. The van der Waals surface area contributed by atoms with Crippen molar-refractivity contribution < 1.29 is 9.53 Å².